The molecule has 0 unspecified atom stereocenters. The summed E-state index contributed by atoms with van der Waals surface area (Å²) in [7, 11) is 1.66. The summed E-state index contributed by atoms with van der Waals surface area (Å²) in [5.41, 5.74) is 3.14. The van der Waals surface area contributed by atoms with Gasteiger partial charge in [0.25, 0.3) is 0 Å². The minimum absolute atomic E-state index is 0.00198. The number of amides is 2. The fourth-order valence-corrected chi connectivity index (χ4v) is 3.80. The number of methoxy groups -OCH3 is 1. The molecule has 28 heavy (non-hydrogen) atoms. The molecule has 0 aliphatic carbocycles. The number of carbonyl (C=O) groups excluding carboxylic acids is 1. The van der Waals surface area contributed by atoms with Crippen molar-refractivity contribution in [2.24, 2.45) is 0 Å². The first-order valence-corrected chi connectivity index (χ1v) is 9.86. The lowest BCUT2D eigenvalue weighted by Gasteiger charge is -2.34. The maximum Gasteiger partial charge on any atom is 0.318 e. The number of carbonyl (C=O) groups is 1. The van der Waals surface area contributed by atoms with Gasteiger partial charge in [-0.05, 0) is 55.5 Å². The van der Waals surface area contributed by atoms with Crippen LogP contribution in [0.25, 0.3) is 11.0 Å². The second-order valence-electron chi connectivity index (χ2n) is 7.17. The van der Waals surface area contributed by atoms with Gasteiger partial charge in [0.05, 0.1) is 24.2 Å². The fourth-order valence-electron chi connectivity index (χ4n) is 3.80. The molecular formula is C22H26N4O2. The molecule has 2 aromatic carbocycles. The average molecular weight is 378 g/mol. The van der Waals surface area contributed by atoms with Crippen LogP contribution in [0.15, 0.2) is 48.5 Å². The maximum atomic E-state index is 12.8. The summed E-state index contributed by atoms with van der Waals surface area (Å²) in [5.74, 6) is 1.72. The van der Waals surface area contributed by atoms with Gasteiger partial charge >= 0.3 is 6.03 Å². The number of ether oxygens (including phenoxy) is 1. The second-order valence-corrected chi connectivity index (χ2v) is 7.17. The number of nitrogens with one attached hydrogen (secondary N) is 2. The van der Waals surface area contributed by atoms with Crippen molar-refractivity contribution in [2.45, 2.75) is 31.7 Å². The number of para-hydroxylation sites is 2. The monoisotopic (exact) mass is 378 g/mol. The summed E-state index contributed by atoms with van der Waals surface area (Å²) >= 11 is 0. The number of likely N-dealkylation sites (tertiary alicyclic amines) is 1. The van der Waals surface area contributed by atoms with Gasteiger partial charge in [0.1, 0.15) is 11.6 Å². The zero-order chi connectivity index (χ0) is 19.3. The van der Waals surface area contributed by atoms with Crippen LogP contribution in [0.1, 0.15) is 36.7 Å². The van der Waals surface area contributed by atoms with Crippen LogP contribution in [0.5, 0.6) is 5.75 Å². The van der Waals surface area contributed by atoms with Crippen molar-refractivity contribution in [2.75, 3.05) is 20.2 Å². The van der Waals surface area contributed by atoms with Gasteiger partial charge in [0, 0.05) is 13.1 Å². The number of aromatic amines is 1. The minimum Gasteiger partial charge on any atom is -0.497 e. The molecule has 146 valence electrons. The van der Waals surface area contributed by atoms with Gasteiger partial charge in [-0.15, -0.1) is 0 Å². The highest BCUT2D eigenvalue weighted by molar-refractivity contribution is 5.76. The van der Waals surface area contributed by atoms with E-state index < -0.39 is 0 Å². The van der Waals surface area contributed by atoms with Gasteiger partial charge in [-0.1, -0.05) is 24.3 Å². The van der Waals surface area contributed by atoms with Gasteiger partial charge in [-0.3, -0.25) is 0 Å². The predicted octanol–water partition coefficient (Wildman–Crippen LogP) is 4.05. The van der Waals surface area contributed by atoms with E-state index in [0.717, 1.165) is 54.8 Å². The first-order valence-electron chi connectivity index (χ1n) is 9.86. The molecule has 1 atom stereocenters. The van der Waals surface area contributed by atoms with Gasteiger partial charge in [0.15, 0.2) is 0 Å². The molecule has 6 nitrogen and oxygen atoms in total. The van der Waals surface area contributed by atoms with Gasteiger partial charge in [-0.25, -0.2) is 9.78 Å². The van der Waals surface area contributed by atoms with Crippen LogP contribution in [0, 0.1) is 0 Å². The minimum atomic E-state index is -0.0151. The second kappa shape index (κ2) is 8.33. The van der Waals surface area contributed by atoms with Crippen LogP contribution in [0.4, 0.5) is 4.79 Å². The molecule has 2 N–H and O–H groups in total. The zero-order valence-electron chi connectivity index (χ0n) is 16.1. The summed E-state index contributed by atoms with van der Waals surface area (Å²) in [6, 6.07) is 15.9. The Bertz CT molecular complexity index is 902. The zero-order valence-corrected chi connectivity index (χ0v) is 16.1. The third-order valence-electron chi connectivity index (χ3n) is 5.34. The number of urea groups is 1. The summed E-state index contributed by atoms with van der Waals surface area (Å²) in [5, 5.41) is 3.08. The lowest BCUT2D eigenvalue weighted by atomic mass is 10.0. The number of benzene rings is 2. The third-order valence-corrected chi connectivity index (χ3v) is 5.34. The van der Waals surface area contributed by atoms with Gasteiger partial charge in [0.2, 0.25) is 0 Å². The van der Waals surface area contributed by atoms with E-state index in [1.807, 2.05) is 53.4 Å². The van der Waals surface area contributed by atoms with Crippen LogP contribution >= 0.6 is 0 Å². The number of imidazole rings is 1. The molecule has 2 heterocycles. The van der Waals surface area contributed by atoms with Gasteiger partial charge < -0.3 is 19.9 Å². The van der Waals surface area contributed by atoms with Crippen molar-refractivity contribution in [3.8, 4) is 5.75 Å². The van der Waals surface area contributed by atoms with Crippen molar-refractivity contribution in [1.29, 1.82) is 0 Å². The van der Waals surface area contributed by atoms with Crippen molar-refractivity contribution in [1.82, 2.24) is 20.2 Å². The summed E-state index contributed by atoms with van der Waals surface area (Å²) < 4.78 is 5.18. The topological polar surface area (TPSA) is 70.2 Å². The van der Waals surface area contributed by atoms with E-state index in [4.69, 9.17) is 9.72 Å². The molecule has 0 spiro atoms. The molecule has 4 rings (SSSR count). The Morgan fingerprint density at radius 3 is 2.82 bits per heavy atom. The lowest BCUT2D eigenvalue weighted by molar-refractivity contribution is 0.148. The van der Waals surface area contributed by atoms with E-state index in [1.54, 1.807) is 7.11 Å². The number of aromatic nitrogens is 2. The molecule has 1 fully saturated rings. The third kappa shape index (κ3) is 3.96. The number of fused-ring (bicyclic) bond motifs is 1. The number of H-pyrrole nitrogens is 1. The largest absolute Gasteiger partial charge is 0.497 e. The number of nitrogens with zero attached hydrogens (tertiary/aromatic N) is 2. The highest BCUT2D eigenvalue weighted by atomic mass is 16.5. The number of hydrogen-bond donors (Lipinski definition) is 2. The highest BCUT2D eigenvalue weighted by Crippen LogP contribution is 2.30. The standard InChI is InChI=1S/C22H26N4O2/c1-28-17-11-9-16(10-12-17)13-14-23-22(27)26-15-5-4-8-20(26)21-24-18-6-2-3-7-19(18)25-21/h2-3,6-7,9-12,20H,4-5,8,13-15H2,1H3,(H,23,27)(H,24,25)/t20-/m1/s1. The Balaban J connectivity index is 1.39. The van der Waals surface area contributed by atoms with Crippen LogP contribution in [-0.4, -0.2) is 41.1 Å². The number of rotatable bonds is 5. The smallest absolute Gasteiger partial charge is 0.318 e. The van der Waals surface area contributed by atoms with E-state index in [9.17, 15) is 4.79 Å². The quantitative estimate of drug-likeness (QED) is 0.704. The summed E-state index contributed by atoms with van der Waals surface area (Å²) in [6.45, 7) is 1.37. The van der Waals surface area contributed by atoms with Crippen LogP contribution < -0.4 is 10.1 Å². The van der Waals surface area contributed by atoms with Crippen molar-refractivity contribution in [3.05, 3.63) is 59.9 Å². The number of piperidine rings is 1. The van der Waals surface area contributed by atoms with Crippen LogP contribution in [0.2, 0.25) is 0 Å². The summed E-state index contributed by atoms with van der Waals surface area (Å²) in [6.07, 6.45) is 3.87. The number of hydrogen-bond acceptors (Lipinski definition) is 3. The van der Waals surface area contributed by atoms with Crippen LogP contribution in [-0.2, 0) is 6.42 Å². The molecule has 0 radical (unpaired) electrons. The normalized spacial score (nSPS) is 16.9. The summed E-state index contributed by atoms with van der Waals surface area (Å²) in [4.78, 5) is 22.9. The Morgan fingerprint density at radius 1 is 1.21 bits per heavy atom. The Labute approximate surface area is 164 Å². The molecule has 6 heteroatoms. The first-order chi connectivity index (χ1) is 13.7. The Hall–Kier alpha value is -3.02. The Kier molecular flexibility index (Phi) is 5.46. The molecule has 1 aliphatic heterocycles. The molecule has 1 aliphatic rings. The molecule has 0 bridgehead atoms. The van der Waals surface area contributed by atoms with E-state index >= 15 is 0 Å². The lowest BCUT2D eigenvalue weighted by Crippen LogP contribution is -2.45. The molecule has 3 aromatic rings. The van der Waals surface area contributed by atoms with E-state index in [2.05, 4.69) is 10.3 Å². The predicted molar refractivity (Wildman–Crippen MR) is 109 cm³/mol. The molecular weight excluding hydrogens is 352 g/mol. The van der Waals surface area contributed by atoms with Crippen molar-refractivity contribution in [3.63, 3.8) is 0 Å². The average Bonchev–Trinajstić information content (AvgIpc) is 3.18. The van der Waals surface area contributed by atoms with Crippen molar-refractivity contribution >= 4 is 17.1 Å². The van der Waals surface area contributed by atoms with Gasteiger partial charge in [-0.2, -0.15) is 0 Å². The first kappa shape index (κ1) is 18.3. The molecule has 2 amide bonds. The molecule has 0 saturated carbocycles. The maximum absolute atomic E-state index is 12.8. The molecule has 1 saturated heterocycles. The molecule has 1 aromatic heterocycles. The van der Waals surface area contributed by atoms with E-state index in [0.29, 0.717) is 6.54 Å². The SMILES string of the molecule is COc1ccc(CCNC(=O)N2CCCC[C@@H]2c2nc3ccccc3[nH]2)cc1. The fraction of sp³-hybridized carbons (Fsp3) is 0.364. The van der Waals surface area contributed by atoms with Crippen molar-refractivity contribution < 1.29 is 9.53 Å². The van der Waals surface area contributed by atoms with Crippen LogP contribution in [0.3, 0.4) is 0 Å². The van der Waals surface area contributed by atoms with E-state index in [-0.39, 0.29) is 12.1 Å². The Morgan fingerprint density at radius 2 is 2.04 bits per heavy atom. The highest BCUT2D eigenvalue weighted by Gasteiger charge is 2.30. The van der Waals surface area contributed by atoms with E-state index in [1.165, 1.54) is 5.56 Å².